The Kier molecular flexibility index (Phi) is 3.87. The minimum Gasteiger partial charge on any atom is -0.481 e. The first kappa shape index (κ1) is 10.5. The van der Waals surface area contributed by atoms with Crippen LogP contribution >= 0.6 is 0 Å². The molecule has 0 unspecified atom stereocenters. The number of methoxy groups -OCH3 is 1. The van der Waals surface area contributed by atoms with Gasteiger partial charge in [0.05, 0.1) is 13.7 Å². The highest BCUT2D eigenvalue weighted by Crippen LogP contribution is 2.09. The smallest absolute Gasteiger partial charge is 0.329 e. The van der Waals surface area contributed by atoms with Crippen molar-refractivity contribution in [3.8, 4) is 5.88 Å². The van der Waals surface area contributed by atoms with Gasteiger partial charge >= 0.3 is 5.97 Å². The van der Waals surface area contributed by atoms with Gasteiger partial charge in [0.2, 0.25) is 5.88 Å². The van der Waals surface area contributed by atoms with Gasteiger partial charge in [-0.2, -0.15) is 0 Å². The van der Waals surface area contributed by atoms with Crippen LogP contribution in [0.15, 0.2) is 18.3 Å². The largest absolute Gasteiger partial charge is 0.481 e. The quantitative estimate of drug-likeness (QED) is 0.752. The third kappa shape index (κ3) is 3.40. The number of aromatic nitrogens is 1. The molecule has 76 valence electrons. The van der Waals surface area contributed by atoms with E-state index in [1.54, 1.807) is 18.3 Å². The SMILES string of the molecule is COc1cc(COCC(=O)O)ccn1. The van der Waals surface area contributed by atoms with Crippen LogP contribution in [0.25, 0.3) is 0 Å². The van der Waals surface area contributed by atoms with Gasteiger partial charge in [-0.3, -0.25) is 0 Å². The summed E-state index contributed by atoms with van der Waals surface area (Å²) in [6, 6.07) is 3.44. The molecule has 0 saturated heterocycles. The van der Waals surface area contributed by atoms with Gasteiger partial charge in [-0.05, 0) is 11.6 Å². The molecule has 1 aromatic rings. The maximum Gasteiger partial charge on any atom is 0.329 e. The molecule has 1 rings (SSSR count). The number of rotatable bonds is 5. The van der Waals surface area contributed by atoms with Gasteiger partial charge in [0.1, 0.15) is 6.61 Å². The maximum absolute atomic E-state index is 10.2. The van der Waals surface area contributed by atoms with E-state index >= 15 is 0 Å². The van der Waals surface area contributed by atoms with Crippen molar-refractivity contribution < 1.29 is 19.4 Å². The highest BCUT2D eigenvalue weighted by atomic mass is 16.5. The van der Waals surface area contributed by atoms with Crippen LogP contribution in [0.4, 0.5) is 0 Å². The summed E-state index contributed by atoms with van der Waals surface area (Å²) in [6.07, 6.45) is 1.58. The molecule has 0 amide bonds. The highest BCUT2D eigenvalue weighted by molar-refractivity contribution is 5.67. The van der Waals surface area contributed by atoms with Gasteiger partial charge in [-0.15, -0.1) is 0 Å². The number of hydrogen-bond donors (Lipinski definition) is 1. The summed E-state index contributed by atoms with van der Waals surface area (Å²) in [6.45, 7) is -0.0597. The average molecular weight is 197 g/mol. The fourth-order valence-corrected chi connectivity index (χ4v) is 0.908. The Morgan fingerprint density at radius 2 is 2.43 bits per heavy atom. The minimum atomic E-state index is -0.981. The summed E-state index contributed by atoms with van der Waals surface area (Å²) < 4.78 is 9.80. The van der Waals surface area contributed by atoms with Crippen LogP contribution in [0.3, 0.4) is 0 Å². The highest BCUT2D eigenvalue weighted by Gasteiger charge is 1.99. The molecule has 5 nitrogen and oxygen atoms in total. The fourth-order valence-electron chi connectivity index (χ4n) is 0.908. The lowest BCUT2D eigenvalue weighted by Gasteiger charge is -2.03. The summed E-state index contributed by atoms with van der Waals surface area (Å²) in [5.74, 6) is -0.493. The van der Waals surface area contributed by atoms with Gasteiger partial charge < -0.3 is 14.6 Å². The molecule has 0 spiro atoms. The third-order valence-electron chi connectivity index (χ3n) is 1.50. The fraction of sp³-hybridized carbons (Fsp3) is 0.333. The van der Waals surface area contributed by atoms with Crippen molar-refractivity contribution >= 4 is 5.97 Å². The van der Waals surface area contributed by atoms with Crippen LogP contribution in [0.1, 0.15) is 5.56 Å². The number of aliphatic carboxylic acids is 1. The summed E-state index contributed by atoms with van der Waals surface area (Å²) in [7, 11) is 1.52. The van der Waals surface area contributed by atoms with Crippen molar-refractivity contribution in [1.82, 2.24) is 4.98 Å². The van der Waals surface area contributed by atoms with Crippen molar-refractivity contribution in [3.63, 3.8) is 0 Å². The third-order valence-corrected chi connectivity index (χ3v) is 1.50. The summed E-state index contributed by atoms with van der Waals surface area (Å²) in [4.78, 5) is 14.1. The van der Waals surface area contributed by atoms with Crippen molar-refractivity contribution in [2.45, 2.75) is 6.61 Å². The van der Waals surface area contributed by atoms with Crippen LogP contribution in [0.2, 0.25) is 0 Å². The van der Waals surface area contributed by atoms with Crippen LogP contribution in [0, 0.1) is 0 Å². The van der Waals surface area contributed by atoms with E-state index in [2.05, 4.69) is 4.98 Å². The van der Waals surface area contributed by atoms with Crippen LogP contribution in [-0.2, 0) is 16.1 Å². The lowest BCUT2D eigenvalue weighted by molar-refractivity contribution is -0.142. The van der Waals surface area contributed by atoms with E-state index in [0.717, 1.165) is 5.56 Å². The summed E-state index contributed by atoms with van der Waals surface area (Å²) in [5.41, 5.74) is 0.832. The van der Waals surface area contributed by atoms with E-state index in [4.69, 9.17) is 14.6 Å². The molecular formula is C9H11NO4. The standard InChI is InChI=1S/C9H11NO4/c1-13-8-4-7(2-3-10-8)5-14-6-9(11)12/h2-4H,5-6H2,1H3,(H,11,12). The van der Waals surface area contributed by atoms with Crippen molar-refractivity contribution in [3.05, 3.63) is 23.9 Å². The Morgan fingerprint density at radius 3 is 3.07 bits per heavy atom. The van der Waals surface area contributed by atoms with Gasteiger partial charge in [0.15, 0.2) is 0 Å². The van der Waals surface area contributed by atoms with Gasteiger partial charge in [0.25, 0.3) is 0 Å². The Hall–Kier alpha value is -1.62. The van der Waals surface area contributed by atoms with Crippen LogP contribution in [-0.4, -0.2) is 29.8 Å². The number of carbonyl (C=O) groups is 1. The molecule has 0 radical (unpaired) electrons. The van der Waals surface area contributed by atoms with Crippen LogP contribution in [0.5, 0.6) is 5.88 Å². The summed E-state index contributed by atoms with van der Waals surface area (Å²) in [5, 5.41) is 8.33. The Balaban J connectivity index is 2.46. The zero-order valence-corrected chi connectivity index (χ0v) is 7.77. The van der Waals surface area contributed by atoms with Crippen molar-refractivity contribution in [2.24, 2.45) is 0 Å². The second-order valence-electron chi connectivity index (χ2n) is 2.59. The van der Waals surface area contributed by atoms with Gasteiger partial charge in [-0.25, -0.2) is 9.78 Å². The van der Waals surface area contributed by atoms with E-state index in [9.17, 15) is 4.79 Å². The molecule has 0 aliphatic carbocycles. The van der Waals surface area contributed by atoms with E-state index < -0.39 is 5.97 Å². The predicted molar refractivity (Wildman–Crippen MR) is 48.1 cm³/mol. The second kappa shape index (κ2) is 5.18. The molecule has 14 heavy (non-hydrogen) atoms. The molecule has 1 aromatic heterocycles. The molecule has 0 aliphatic heterocycles. The Bertz CT molecular complexity index is 313. The van der Waals surface area contributed by atoms with E-state index in [0.29, 0.717) is 5.88 Å². The number of pyridine rings is 1. The van der Waals surface area contributed by atoms with Crippen molar-refractivity contribution in [2.75, 3.05) is 13.7 Å². The molecule has 1 heterocycles. The number of carboxylic acid groups (broad SMARTS) is 1. The zero-order valence-electron chi connectivity index (χ0n) is 7.77. The lowest BCUT2D eigenvalue weighted by atomic mass is 10.3. The van der Waals surface area contributed by atoms with E-state index in [1.807, 2.05) is 0 Å². The molecule has 1 N–H and O–H groups in total. The Morgan fingerprint density at radius 1 is 1.64 bits per heavy atom. The average Bonchev–Trinajstić information content (AvgIpc) is 2.18. The molecule has 0 aliphatic rings. The van der Waals surface area contributed by atoms with Crippen molar-refractivity contribution in [1.29, 1.82) is 0 Å². The second-order valence-corrected chi connectivity index (χ2v) is 2.59. The molecule has 0 atom stereocenters. The molecule has 5 heteroatoms. The first-order valence-electron chi connectivity index (χ1n) is 4.01. The Labute approximate surface area is 81.3 Å². The van der Waals surface area contributed by atoms with E-state index in [-0.39, 0.29) is 13.2 Å². The number of carboxylic acids is 1. The molecule has 0 saturated carbocycles. The molecule has 0 bridgehead atoms. The predicted octanol–water partition coefficient (Wildman–Crippen LogP) is 0.691. The summed E-state index contributed by atoms with van der Waals surface area (Å²) >= 11 is 0. The topological polar surface area (TPSA) is 68.7 Å². The van der Waals surface area contributed by atoms with E-state index in [1.165, 1.54) is 7.11 Å². The number of nitrogens with zero attached hydrogens (tertiary/aromatic N) is 1. The number of hydrogen-bond acceptors (Lipinski definition) is 4. The first-order chi connectivity index (χ1) is 6.72. The molecule has 0 aromatic carbocycles. The maximum atomic E-state index is 10.2. The monoisotopic (exact) mass is 197 g/mol. The number of ether oxygens (including phenoxy) is 2. The van der Waals surface area contributed by atoms with Gasteiger partial charge in [0, 0.05) is 12.3 Å². The minimum absolute atomic E-state index is 0.241. The normalized spacial score (nSPS) is 9.79. The first-order valence-corrected chi connectivity index (χ1v) is 4.01. The molecule has 0 fully saturated rings. The molecular weight excluding hydrogens is 186 g/mol. The van der Waals surface area contributed by atoms with Crippen LogP contribution < -0.4 is 4.74 Å². The zero-order chi connectivity index (χ0) is 10.4. The lowest BCUT2D eigenvalue weighted by Crippen LogP contribution is -2.06. The van der Waals surface area contributed by atoms with Gasteiger partial charge in [-0.1, -0.05) is 0 Å².